The van der Waals surface area contributed by atoms with Gasteiger partial charge in [-0.3, -0.25) is 4.98 Å². The first kappa shape index (κ1) is 12.5. The highest BCUT2D eigenvalue weighted by molar-refractivity contribution is 9.10. The Kier molecular flexibility index (Phi) is 4.15. The number of hydrogen-bond acceptors (Lipinski definition) is 4. The van der Waals surface area contributed by atoms with Crippen LogP contribution in [0.1, 0.15) is 23.4 Å². The van der Waals surface area contributed by atoms with Gasteiger partial charge in [-0.25, -0.2) is 0 Å². The van der Waals surface area contributed by atoms with Crippen LogP contribution in [0.5, 0.6) is 5.75 Å². The third-order valence-electron chi connectivity index (χ3n) is 2.30. The standard InChI is InChI=1S/C12H13BrN2OS/c1-2-16-10-3-8(5-15-6-10)12(14)11-4-9(13)7-17-11/h3-7,12H,2,14H2,1H3. The highest BCUT2D eigenvalue weighted by atomic mass is 79.9. The molecule has 90 valence electrons. The molecule has 0 radical (unpaired) electrons. The lowest BCUT2D eigenvalue weighted by Crippen LogP contribution is -2.10. The van der Waals surface area contributed by atoms with Crippen molar-refractivity contribution in [1.29, 1.82) is 0 Å². The van der Waals surface area contributed by atoms with Gasteiger partial charge >= 0.3 is 0 Å². The summed E-state index contributed by atoms with van der Waals surface area (Å²) in [7, 11) is 0. The van der Waals surface area contributed by atoms with Crippen molar-refractivity contribution in [2.45, 2.75) is 13.0 Å². The van der Waals surface area contributed by atoms with E-state index in [-0.39, 0.29) is 6.04 Å². The van der Waals surface area contributed by atoms with Crippen molar-refractivity contribution in [3.63, 3.8) is 0 Å². The topological polar surface area (TPSA) is 48.1 Å². The zero-order chi connectivity index (χ0) is 12.3. The smallest absolute Gasteiger partial charge is 0.137 e. The molecule has 5 heteroatoms. The minimum absolute atomic E-state index is 0.154. The molecule has 2 N–H and O–H groups in total. The van der Waals surface area contributed by atoms with Crippen LogP contribution in [0.15, 0.2) is 34.4 Å². The lowest BCUT2D eigenvalue weighted by molar-refractivity contribution is 0.338. The van der Waals surface area contributed by atoms with E-state index in [4.69, 9.17) is 10.5 Å². The number of thiophene rings is 1. The monoisotopic (exact) mass is 312 g/mol. The number of aromatic nitrogens is 1. The van der Waals surface area contributed by atoms with Crippen LogP contribution in [-0.4, -0.2) is 11.6 Å². The molecule has 17 heavy (non-hydrogen) atoms. The first-order valence-electron chi connectivity index (χ1n) is 5.28. The van der Waals surface area contributed by atoms with Crippen molar-refractivity contribution in [3.05, 3.63) is 44.8 Å². The molecule has 2 heterocycles. The predicted octanol–water partition coefficient (Wildman–Crippen LogP) is 3.35. The number of nitrogens with zero attached hydrogens (tertiary/aromatic N) is 1. The average molecular weight is 313 g/mol. The van der Waals surface area contributed by atoms with E-state index in [9.17, 15) is 0 Å². The number of rotatable bonds is 4. The van der Waals surface area contributed by atoms with Gasteiger partial charge in [-0.05, 0) is 40.5 Å². The van der Waals surface area contributed by atoms with Crippen LogP contribution in [0.3, 0.4) is 0 Å². The van der Waals surface area contributed by atoms with E-state index in [1.807, 2.05) is 24.4 Å². The van der Waals surface area contributed by atoms with E-state index in [2.05, 4.69) is 20.9 Å². The molecule has 0 aliphatic carbocycles. The highest BCUT2D eigenvalue weighted by Gasteiger charge is 2.12. The second-order valence-electron chi connectivity index (χ2n) is 3.53. The number of nitrogens with two attached hydrogens (primary N) is 1. The summed E-state index contributed by atoms with van der Waals surface area (Å²) in [5.41, 5.74) is 7.15. The van der Waals surface area contributed by atoms with Gasteiger partial charge in [0.15, 0.2) is 0 Å². The second-order valence-corrected chi connectivity index (χ2v) is 5.39. The molecule has 1 atom stereocenters. The maximum Gasteiger partial charge on any atom is 0.137 e. The summed E-state index contributed by atoms with van der Waals surface area (Å²) in [6, 6.07) is 3.82. The lowest BCUT2D eigenvalue weighted by atomic mass is 10.1. The van der Waals surface area contributed by atoms with E-state index in [1.165, 1.54) is 0 Å². The van der Waals surface area contributed by atoms with E-state index < -0.39 is 0 Å². The summed E-state index contributed by atoms with van der Waals surface area (Å²) in [5.74, 6) is 0.760. The molecule has 2 rings (SSSR count). The van der Waals surface area contributed by atoms with Crippen LogP contribution in [0.4, 0.5) is 0 Å². The quantitative estimate of drug-likeness (QED) is 0.941. The maximum atomic E-state index is 6.19. The number of halogens is 1. The molecule has 0 saturated carbocycles. The summed E-state index contributed by atoms with van der Waals surface area (Å²) >= 11 is 5.06. The van der Waals surface area contributed by atoms with Gasteiger partial charge in [0.2, 0.25) is 0 Å². The summed E-state index contributed by atoms with van der Waals surface area (Å²) in [6.45, 7) is 2.58. The Bertz CT molecular complexity index is 501. The fraction of sp³-hybridized carbons (Fsp3) is 0.250. The zero-order valence-corrected chi connectivity index (χ0v) is 11.8. The van der Waals surface area contributed by atoms with Crippen molar-refractivity contribution in [1.82, 2.24) is 4.98 Å². The van der Waals surface area contributed by atoms with Crippen LogP contribution in [0.2, 0.25) is 0 Å². The number of ether oxygens (including phenoxy) is 1. The van der Waals surface area contributed by atoms with Crippen LogP contribution in [-0.2, 0) is 0 Å². The Morgan fingerprint density at radius 2 is 2.29 bits per heavy atom. The Labute approximate surface area is 113 Å². The first-order valence-corrected chi connectivity index (χ1v) is 6.95. The van der Waals surface area contributed by atoms with Gasteiger partial charge in [0.1, 0.15) is 5.75 Å². The molecule has 3 nitrogen and oxygen atoms in total. The third-order valence-corrected chi connectivity index (χ3v) is 4.08. The molecule has 0 spiro atoms. The molecule has 0 aromatic carbocycles. The largest absolute Gasteiger partial charge is 0.492 e. The molecule has 0 fully saturated rings. The van der Waals surface area contributed by atoms with Gasteiger partial charge in [0.05, 0.1) is 18.8 Å². The van der Waals surface area contributed by atoms with Gasteiger partial charge < -0.3 is 10.5 Å². The van der Waals surface area contributed by atoms with Crippen molar-refractivity contribution < 1.29 is 4.74 Å². The van der Waals surface area contributed by atoms with Gasteiger partial charge in [0.25, 0.3) is 0 Å². The molecule has 2 aromatic heterocycles. The first-order chi connectivity index (χ1) is 8.20. The Morgan fingerprint density at radius 3 is 2.94 bits per heavy atom. The van der Waals surface area contributed by atoms with E-state index in [1.54, 1.807) is 23.7 Å². The molecular formula is C12H13BrN2OS. The fourth-order valence-electron chi connectivity index (χ4n) is 1.51. The molecule has 0 aliphatic rings. The molecule has 2 aromatic rings. The van der Waals surface area contributed by atoms with Gasteiger partial charge in [0, 0.05) is 20.9 Å². The molecule has 1 unspecified atom stereocenters. The average Bonchev–Trinajstić information content (AvgIpc) is 2.76. The van der Waals surface area contributed by atoms with Crippen LogP contribution in [0.25, 0.3) is 0 Å². The number of pyridine rings is 1. The Morgan fingerprint density at radius 1 is 1.47 bits per heavy atom. The molecule has 0 bridgehead atoms. The molecule has 0 aliphatic heterocycles. The molecule has 0 amide bonds. The number of hydrogen-bond donors (Lipinski definition) is 1. The summed E-state index contributed by atoms with van der Waals surface area (Å²) in [6.07, 6.45) is 3.48. The van der Waals surface area contributed by atoms with Gasteiger partial charge in [-0.1, -0.05) is 0 Å². The lowest BCUT2D eigenvalue weighted by Gasteiger charge is -2.11. The maximum absolute atomic E-state index is 6.19. The summed E-state index contributed by atoms with van der Waals surface area (Å²) in [5, 5.41) is 2.02. The molecular weight excluding hydrogens is 300 g/mol. The van der Waals surface area contributed by atoms with Gasteiger partial charge in [-0.2, -0.15) is 0 Å². The molecule has 0 saturated heterocycles. The minimum Gasteiger partial charge on any atom is -0.492 e. The van der Waals surface area contributed by atoms with E-state index >= 15 is 0 Å². The van der Waals surface area contributed by atoms with Crippen molar-refractivity contribution in [3.8, 4) is 5.75 Å². The minimum atomic E-state index is -0.154. The van der Waals surface area contributed by atoms with Crippen LogP contribution >= 0.6 is 27.3 Å². The van der Waals surface area contributed by atoms with Crippen LogP contribution < -0.4 is 10.5 Å². The third kappa shape index (κ3) is 3.06. The fourth-order valence-corrected chi connectivity index (χ4v) is 2.98. The van der Waals surface area contributed by atoms with E-state index in [0.717, 1.165) is 20.7 Å². The normalized spacial score (nSPS) is 12.4. The SMILES string of the molecule is CCOc1cncc(C(N)c2cc(Br)cs2)c1. The predicted molar refractivity (Wildman–Crippen MR) is 73.5 cm³/mol. The van der Waals surface area contributed by atoms with E-state index in [0.29, 0.717) is 6.61 Å². The highest BCUT2D eigenvalue weighted by Crippen LogP contribution is 2.29. The van der Waals surface area contributed by atoms with Crippen LogP contribution in [0, 0.1) is 0 Å². The Hall–Kier alpha value is -0.910. The zero-order valence-electron chi connectivity index (χ0n) is 9.39. The summed E-state index contributed by atoms with van der Waals surface area (Å²) in [4.78, 5) is 5.25. The Balaban J connectivity index is 2.24. The van der Waals surface area contributed by atoms with Crippen molar-refractivity contribution in [2.75, 3.05) is 6.61 Å². The van der Waals surface area contributed by atoms with Crippen molar-refractivity contribution in [2.24, 2.45) is 5.73 Å². The van der Waals surface area contributed by atoms with Gasteiger partial charge in [-0.15, -0.1) is 11.3 Å². The second kappa shape index (κ2) is 5.62. The summed E-state index contributed by atoms with van der Waals surface area (Å²) < 4.78 is 6.47. The van der Waals surface area contributed by atoms with Crippen molar-refractivity contribution >= 4 is 27.3 Å².